The van der Waals surface area contributed by atoms with Gasteiger partial charge in [-0.1, -0.05) is 12.8 Å². The maximum Gasteiger partial charge on any atom is 0.0777 e. The largest absolute Gasteiger partial charge is 0.391 e. The van der Waals surface area contributed by atoms with Gasteiger partial charge in [0.25, 0.3) is 0 Å². The van der Waals surface area contributed by atoms with Crippen LogP contribution in [0.15, 0.2) is 0 Å². The van der Waals surface area contributed by atoms with E-state index in [2.05, 4.69) is 11.8 Å². The normalized spacial score (nSPS) is 42.2. The molecule has 0 amide bonds. The fourth-order valence-corrected chi connectivity index (χ4v) is 3.21. The average molecular weight is 227 g/mol. The predicted octanol–water partition coefficient (Wildman–Crippen LogP) is 1.79. The lowest BCUT2D eigenvalue weighted by atomic mass is 9.87. The van der Waals surface area contributed by atoms with Crippen LogP contribution in [0.4, 0.5) is 0 Å². The highest BCUT2D eigenvalue weighted by Crippen LogP contribution is 2.30. The van der Waals surface area contributed by atoms with Crippen LogP contribution in [-0.4, -0.2) is 48.0 Å². The summed E-state index contributed by atoms with van der Waals surface area (Å²) in [6.07, 6.45) is 6.80. The van der Waals surface area contributed by atoms with E-state index in [4.69, 9.17) is 4.74 Å². The van der Waals surface area contributed by atoms with Crippen LogP contribution < -0.4 is 0 Å². The molecule has 1 heterocycles. The molecular weight excluding hydrogens is 202 g/mol. The van der Waals surface area contributed by atoms with Crippen molar-refractivity contribution in [1.29, 1.82) is 0 Å². The second-order valence-electron chi connectivity index (χ2n) is 5.65. The number of methoxy groups -OCH3 is 1. The molecule has 3 nitrogen and oxygen atoms in total. The summed E-state index contributed by atoms with van der Waals surface area (Å²) in [5, 5.41) is 10.1. The Bertz CT molecular complexity index is 234. The van der Waals surface area contributed by atoms with E-state index < -0.39 is 0 Å². The molecule has 2 fully saturated rings. The predicted molar refractivity (Wildman–Crippen MR) is 64.5 cm³/mol. The van der Waals surface area contributed by atoms with Crippen LogP contribution in [0.1, 0.15) is 45.4 Å². The lowest BCUT2D eigenvalue weighted by Crippen LogP contribution is -2.55. The minimum atomic E-state index is -0.118. The van der Waals surface area contributed by atoms with Gasteiger partial charge in [0.1, 0.15) is 0 Å². The fraction of sp³-hybridized carbons (Fsp3) is 1.00. The van der Waals surface area contributed by atoms with Crippen molar-refractivity contribution in [1.82, 2.24) is 4.90 Å². The van der Waals surface area contributed by atoms with Gasteiger partial charge in [-0.15, -0.1) is 0 Å². The van der Waals surface area contributed by atoms with Crippen LogP contribution in [0.3, 0.4) is 0 Å². The molecule has 16 heavy (non-hydrogen) atoms. The van der Waals surface area contributed by atoms with E-state index in [0.717, 1.165) is 32.4 Å². The summed E-state index contributed by atoms with van der Waals surface area (Å²) in [6, 6.07) is 0.378. The molecule has 2 rings (SSSR count). The van der Waals surface area contributed by atoms with Crippen molar-refractivity contribution in [2.75, 3.05) is 20.2 Å². The van der Waals surface area contributed by atoms with Crippen molar-refractivity contribution in [3.05, 3.63) is 0 Å². The quantitative estimate of drug-likeness (QED) is 0.780. The van der Waals surface area contributed by atoms with Crippen molar-refractivity contribution >= 4 is 0 Å². The molecule has 0 spiro atoms. The molecule has 94 valence electrons. The lowest BCUT2D eigenvalue weighted by Gasteiger charge is -2.45. The molecule has 0 aromatic rings. The number of piperidine rings is 1. The summed E-state index contributed by atoms with van der Waals surface area (Å²) in [5.74, 6) is 0. The van der Waals surface area contributed by atoms with Gasteiger partial charge in [-0.25, -0.2) is 0 Å². The van der Waals surface area contributed by atoms with Crippen molar-refractivity contribution in [3.63, 3.8) is 0 Å². The molecule has 0 aromatic carbocycles. The molecule has 3 atom stereocenters. The maximum atomic E-state index is 10.1. The van der Waals surface area contributed by atoms with Gasteiger partial charge >= 0.3 is 0 Å². The number of hydrogen-bond donors (Lipinski definition) is 1. The van der Waals surface area contributed by atoms with Gasteiger partial charge in [0.2, 0.25) is 0 Å². The van der Waals surface area contributed by atoms with E-state index in [1.54, 1.807) is 7.11 Å². The molecule has 1 N–H and O–H groups in total. The SMILES string of the molecule is COC1(C)CCCN([C@@H]2CCCC[C@H]2O)C1. The Morgan fingerprint density at radius 1 is 1.25 bits per heavy atom. The second-order valence-corrected chi connectivity index (χ2v) is 5.65. The first kappa shape index (κ1) is 12.3. The zero-order chi connectivity index (χ0) is 11.6. The molecule has 2 aliphatic rings. The Labute approximate surface area is 98.8 Å². The fourth-order valence-electron chi connectivity index (χ4n) is 3.21. The van der Waals surface area contributed by atoms with Crippen LogP contribution in [0.25, 0.3) is 0 Å². The Hall–Kier alpha value is -0.120. The van der Waals surface area contributed by atoms with E-state index >= 15 is 0 Å². The zero-order valence-electron chi connectivity index (χ0n) is 10.6. The Morgan fingerprint density at radius 3 is 2.69 bits per heavy atom. The maximum absolute atomic E-state index is 10.1. The van der Waals surface area contributed by atoms with Gasteiger partial charge < -0.3 is 9.84 Å². The summed E-state index contributed by atoms with van der Waals surface area (Å²) in [5.41, 5.74) is -0.00455. The zero-order valence-corrected chi connectivity index (χ0v) is 10.6. The molecule has 0 aromatic heterocycles. The highest BCUT2D eigenvalue weighted by atomic mass is 16.5. The van der Waals surface area contributed by atoms with Crippen LogP contribution >= 0.6 is 0 Å². The van der Waals surface area contributed by atoms with E-state index in [9.17, 15) is 5.11 Å². The summed E-state index contributed by atoms with van der Waals surface area (Å²) in [7, 11) is 1.81. The molecular formula is C13H25NO2. The van der Waals surface area contributed by atoms with Gasteiger partial charge in [-0.3, -0.25) is 4.90 Å². The first-order valence-corrected chi connectivity index (χ1v) is 6.62. The van der Waals surface area contributed by atoms with E-state index in [0.29, 0.717) is 6.04 Å². The van der Waals surface area contributed by atoms with Crippen molar-refractivity contribution < 1.29 is 9.84 Å². The van der Waals surface area contributed by atoms with Crippen LogP contribution in [0, 0.1) is 0 Å². The van der Waals surface area contributed by atoms with Gasteiger partial charge in [0.15, 0.2) is 0 Å². The standard InChI is InChI=1S/C13H25NO2/c1-13(16-2)8-5-9-14(10-13)11-6-3-4-7-12(11)15/h11-12,15H,3-10H2,1-2H3/t11-,12-,13?/m1/s1. The second kappa shape index (κ2) is 5.03. The van der Waals surface area contributed by atoms with Crippen molar-refractivity contribution in [2.45, 2.75) is 63.2 Å². The highest BCUT2D eigenvalue weighted by Gasteiger charge is 2.36. The van der Waals surface area contributed by atoms with Crippen LogP contribution in [0.2, 0.25) is 0 Å². The first-order chi connectivity index (χ1) is 7.64. The number of likely N-dealkylation sites (tertiary alicyclic amines) is 1. The third kappa shape index (κ3) is 2.58. The Kier molecular flexibility index (Phi) is 3.88. The van der Waals surface area contributed by atoms with Gasteiger partial charge in [0.05, 0.1) is 11.7 Å². The number of rotatable bonds is 2. The monoisotopic (exact) mass is 227 g/mol. The number of ether oxygens (including phenoxy) is 1. The molecule has 1 aliphatic carbocycles. The summed E-state index contributed by atoms with van der Waals surface area (Å²) in [4.78, 5) is 2.46. The summed E-state index contributed by atoms with van der Waals surface area (Å²) < 4.78 is 5.61. The topological polar surface area (TPSA) is 32.7 Å². The molecule has 0 bridgehead atoms. The Balaban J connectivity index is 1.97. The van der Waals surface area contributed by atoms with Gasteiger partial charge in [0, 0.05) is 19.7 Å². The van der Waals surface area contributed by atoms with Crippen LogP contribution in [-0.2, 0) is 4.74 Å². The Morgan fingerprint density at radius 2 is 2.00 bits per heavy atom. The number of hydrogen-bond acceptors (Lipinski definition) is 3. The summed E-state index contributed by atoms with van der Waals surface area (Å²) in [6.45, 7) is 4.29. The highest BCUT2D eigenvalue weighted by molar-refractivity contribution is 4.91. The minimum absolute atomic E-state index is 0.00455. The third-order valence-electron chi connectivity index (χ3n) is 4.34. The molecule has 3 heteroatoms. The first-order valence-electron chi connectivity index (χ1n) is 6.62. The molecule has 1 unspecified atom stereocenters. The molecule has 1 saturated heterocycles. The van der Waals surface area contributed by atoms with Crippen molar-refractivity contribution in [2.24, 2.45) is 0 Å². The van der Waals surface area contributed by atoms with E-state index in [-0.39, 0.29) is 11.7 Å². The minimum Gasteiger partial charge on any atom is -0.391 e. The number of aliphatic hydroxyl groups is 1. The number of aliphatic hydroxyl groups excluding tert-OH is 1. The average Bonchev–Trinajstić information content (AvgIpc) is 2.30. The summed E-state index contributed by atoms with van der Waals surface area (Å²) >= 11 is 0. The smallest absolute Gasteiger partial charge is 0.0777 e. The molecule has 1 saturated carbocycles. The third-order valence-corrected chi connectivity index (χ3v) is 4.34. The van der Waals surface area contributed by atoms with E-state index in [1.807, 2.05) is 0 Å². The van der Waals surface area contributed by atoms with E-state index in [1.165, 1.54) is 19.3 Å². The molecule has 1 aliphatic heterocycles. The van der Waals surface area contributed by atoms with Crippen LogP contribution in [0.5, 0.6) is 0 Å². The molecule has 0 radical (unpaired) electrons. The van der Waals surface area contributed by atoms with Crippen molar-refractivity contribution in [3.8, 4) is 0 Å². The number of nitrogens with zero attached hydrogens (tertiary/aromatic N) is 1. The van der Waals surface area contributed by atoms with Gasteiger partial charge in [-0.2, -0.15) is 0 Å². The van der Waals surface area contributed by atoms with Gasteiger partial charge in [-0.05, 0) is 39.2 Å². The lowest BCUT2D eigenvalue weighted by molar-refractivity contribution is -0.0828.